The van der Waals surface area contributed by atoms with Gasteiger partial charge < -0.3 is 11.1 Å². The molecule has 0 bridgehead atoms. The first-order chi connectivity index (χ1) is 9.09. The second-order valence-electron chi connectivity index (χ2n) is 5.32. The summed E-state index contributed by atoms with van der Waals surface area (Å²) >= 11 is 4.91. The third-order valence-corrected chi connectivity index (χ3v) is 3.26. The van der Waals surface area contributed by atoms with Gasteiger partial charge in [-0.2, -0.15) is 0 Å². The molecule has 0 radical (unpaired) electrons. The van der Waals surface area contributed by atoms with E-state index in [1.165, 1.54) is 32.1 Å². The average molecular weight is 279 g/mol. The van der Waals surface area contributed by atoms with Crippen LogP contribution in [0.3, 0.4) is 0 Å². The van der Waals surface area contributed by atoms with Crippen molar-refractivity contribution >= 4 is 22.9 Å². The van der Waals surface area contributed by atoms with Crippen molar-refractivity contribution in [1.82, 2.24) is 4.98 Å². The molecule has 0 atom stereocenters. The van der Waals surface area contributed by atoms with Gasteiger partial charge in [-0.3, -0.25) is 4.98 Å². The summed E-state index contributed by atoms with van der Waals surface area (Å²) in [6.45, 7) is 5.55. The number of anilines is 1. The summed E-state index contributed by atoms with van der Waals surface area (Å²) in [7, 11) is 0. The van der Waals surface area contributed by atoms with Gasteiger partial charge in [0, 0.05) is 18.4 Å². The molecule has 3 nitrogen and oxygen atoms in total. The Balaban J connectivity index is 2.15. The van der Waals surface area contributed by atoms with Gasteiger partial charge in [0.15, 0.2) is 0 Å². The average Bonchev–Trinajstić information content (AvgIpc) is 2.37. The monoisotopic (exact) mass is 279 g/mol. The molecule has 1 aromatic rings. The van der Waals surface area contributed by atoms with Crippen LogP contribution in [0, 0.1) is 5.92 Å². The molecule has 19 heavy (non-hydrogen) atoms. The van der Waals surface area contributed by atoms with Crippen LogP contribution < -0.4 is 11.1 Å². The van der Waals surface area contributed by atoms with Crippen molar-refractivity contribution in [2.24, 2.45) is 11.7 Å². The van der Waals surface area contributed by atoms with Crippen LogP contribution in [0.5, 0.6) is 0 Å². The maximum atomic E-state index is 5.56. The van der Waals surface area contributed by atoms with E-state index in [-0.39, 0.29) is 0 Å². The molecule has 0 aliphatic rings. The molecular weight excluding hydrogens is 254 g/mol. The van der Waals surface area contributed by atoms with E-state index in [9.17, 15) is 0 Å². The van der Waals surface area contributed by atoms with Crippen LogP contribution in [0.4, 0.5) is 5.69 Å². The Morgan fingerprint density at radius 2 is 2.05 bits per heavy atom. The molecule has 1 aromatic heterocycles. The fraction of sp³-hybridized carbons (Fsp3) is 0.600. The summed E-state index contributed by atoms with van der Waals surface area (Å²) in [5, 5.41) is 3.38. The van der Waals surface area contributed by atoms with Gasteiger partial charge in [0.05, 0.1) is 5.69 Å². The number of unbranched alkanes of at least 4 members (excludes halogenated alkanes) is 3. The largest absolute Gasteiger partial charge is 0.388 e. The highest BCUT2D eigenvalue weighted by molar-refractivity contribution is 7.80. The molecule has 1 rings (SSSR count). The van der Waals surface area contributed by atoms with Crippen molar-refractivity contribution in [2.75, 3.05) is 11.9 Å². The van der Waals surface area contributed by atoms with Crippen LogP contribution >= 0.6 is 12.2 Å². The van der Waals surface area contributed by atoms with E-state index in [1.54, 1.807) is 6.20 Å². The van der Waals surface area contributed by atoms with Crippen molar-refractivity contribution in [3.05, 3.63) is 24.0 Å². The number of hydrogen-bond donors (Lipinski definition) is 2. The number of nitrogens with one attached hydrogen (secondary N) is 1. The number of nitrogens with zero attached hydrogens (tertiary/aromatic N) is 1. The van der Waals surface area contributed by atoms with Gasteiger partial charge in [-0.05, 0) is 24.5 Å². The Morgan fingerprint density at radius 3 is 2.74 bits per heavy atom. The van der Waals surface area contributed by atoms with Crippen molar-refractivity contribution in [3.63, 3.8) is 0 Å². The molecule has 0 fully saturated rings. The van der Waals surface area contributed by atoms with Crippen molar-refractivity contribution < 1.29 is 0 Å². The molecule has 0 aromatic carbocycles. The van der Waals surface area contributed by atoms with E-state index in [4.69, 9.17) is 18.0 Å². The first kappa shape index (κ1) is 15.9. The van der Waals surface area contributed by atoms with Gasteiger partial charge in [-0.25, -0.2) is 0 Å². The van der Waals surface area contributed by atoms with E-state index in [0.29, 0.717) is 10.7 Å². The number of aromatic nitrogens is 1. The highest BCUT2D eigenvalue weighted by Crippen LogP contribution is 2.11. The molecule has 106 valence electrons. The number of nitrogens with two attached hydrogens (primary N) is 1. The third-order valence-electron chi connectivity index (χ3n) is 3.05. The predicted molar refractivity (Wildman–Crippen MR) is 86.5 cm³/mol. The Labute approximate surface area is 122 Å². The van der Waals surface area contributed by atoms with Crippen LogP contribution in [-0.2, 0) is 0 Å². The molecule has 0 saturated carbocycles. The zero-order chi connectivity index (χ0) is 14.1. The Kier molecular flexibility index (Phi) is 7.41. The van der Waals surface area contributed by atoms with Crippen LogP contribution in [0.2, 0.25) is 0 Å². The number of thiocarbonyl (C=S) groups is 1. The van der Waals surface area contributed by atoms with E-state index in [0.717, 1.165) is 18.2 Å². The molecule has 0 amide bonds. The second-order valence-corrected chi connectivity index (χ2v) is 5.76. The first-order valence-corrected chi connectivity index (χ1v) is 7.50. The lowest BCUT2D eigenvalue weighted by molar-refractivity contribution is 0.523. The lowest BCUT2D eigenvalue weighted by Crippen LogP contribution is -2.12. The van der Waals surface area contributed by atoms with E-state index < -0.39 is 0 Å². The molecule has 1 heterocycles. The smallest absolute Gasteiger partial charge is 0.122 e. The minimum Gasteiger partial charge on any atom is -0.388 e. The van der Waals surface area contributed by atoms with Gasteiger partial charge >= 0.3 is 0 Å². The van der Waals surface area contributed by atoms with E-state index in [1.807, 2.05) is 12.1 Å². The van der Waals surface area contributed by atoms with Gasteiger partial charge in [-0.1, -0.05) is 51.7 Å². The number of pyridine rings is 1. The topological polar surface area (TPSA) is 50.9 Å². The third kappa shape index (κ3) is 7.11. The SMILES string of the molecule is CC(C)CCCCCCNc1ccnc(C(N)=S)c1. The zero-order valence-corrected chi connectivity index (χ0v) is 12.8. The van der Waals surface area contributed by atoms with Gasteiger partial charge in [0.1, 0.15) is 4.99 Å². The summed E-state index contributed by atoms with van der Waals surface area (Å²) in [6.07, 6.45) is 8.23. The lowest BCUT2D eigenvalue weighted by atomic mass is 10.0. The fourth-order valence-electron chi connectivity index (χ4n) is 1.94. The summed E-state index contributed by atoms with van der Waals surface area (Å²) in [5.41, 5.74) is 7.28. The van der Waals surface area contributed by atoms with E-state index >= 15 is 0 Å². The minimum absolute atomic E-state index is 0.345. The maximum absolute atomic E-state index is 5.56. The fourth-order valence-corrected chi connectivity index (χ4v) is 2.05. The van der Waals surface area contributed by atoms with Gasteiger partial charge in [0.2, 0.25) is 0 Å². The highest BCUT2D eigenvalue weighted by Gasteiger charge is 1.99. The maximum Gasteiger partial charge on any atom is 0.122 e. The zero-order valence-electron chi connectivity index (χ0n) is 12.0. The standard InChI is InChI=1S/C15H25N3S/c1-12(2)7-5-3-4-6-9-17-13-8-10-18-14(11-13)15(16)19/h8,10-12H,3-7,9H2,1-2H3,(H2,16,19)(H,17,18). The minimum atomic E-state index is 0.345. The predicted octanol–water partition coefficient (Wildman–Crippen LogP) is 3.73. The van der Waals surface area contributed by atoms with Crippen molar-refractivity contribution in [1.29, 1.82) is 0 Å². The normalized spacial score (nSPS) is 10.7. The highest BCUT2D eigenvalue weighted by atomic mass is 32.1. The molecule has 3 N–H and O–H groups in total. The molecule has 0 aliphatic carbocycles. The molecule has 0 saturated heterocycles. The number of rotatable bonds is 9. The van der Waals surface area contributed by atoms with Crippen LogP contribution in [-0.4, -0.2) is 16.5 Å². The molecule has 0 spiro atoms. The lowest BCUT2D eigenvalue weighted by Gasteiger charge is -2.08. The first-order valence-electron chi connectivity index (χ1n) is 7.09. The van der Waals surface area contributed by atoms with E-state index in [2.05, 4.69) is 24.1 Å². The quantitative estimate of drug-likeness (QED) is 0.534. The Hall–Kier alpha value is -1.16. The summed E-state index contributed by atoms with van der Waals surface area (Å²) in [6, 6.07) is 3.85. The molecule has 0 unspecified atom stereocenters. The van der Waals surface area contributed by atoms with Crippen molar-refractivity contribution in [2.45, 2.75) is 46.0 Å². The van der Waals surface area contributed by atoms with Gasteiger partial charge in [0.25, 0.3) is 0 Å². The van der Waals surface area contributed by atoms with Gasteiger partial charge in [-0.15, -0.1) is 0 Å². The summed E-state index contributed by atoms with van der Waals surface area (Å²) < 4.78 is 0. The number of hydrogen-bond acceptors (Lipinski definition) is 3. The van der Waals surface area contributed by atoms with Crippen LogP contribution in [0.25, 0.3) is 0 Å². The Morgan fingerprint density at radius 1 is 1.32 bits per heavy atom. The molecule has 4 heteroatoms. The second kappa shape index (κ2) is 8.86. The molecular formula is C15H25N3S. The van der Waals surface area contributed by atoms with Crippen LogP contribution in [0.1, 0.15) is 51.6 Å². The summed E-state index contributed by atoms with van der Waals surface area (Å²) in [4.78, 5) is 4.46. The summed E-state index contributed by atoms with van der Waals surface area (Å²) in [5.74, 6) is 0.827. The van der Waals surface area contributed by atoms with Crippen LogP contribution in [0.15, 0.2) is 18.3 Å². The van der Waals surface area contributed by atoms with Crippen molar-refractivity contribution in [3.8, 4) is 0 Å². The Bertz CT molecular complexity index is 391. The molecule has 0 aliphatic heterocycles.